The minimum absolute atomic E-state index is 0.290. The van der Waals surface area contributed by atoms with Crippen LogP contribution in [0.15, 0.2) is 24.3 Å². The Kier molecular flexibility index (Phi) is 3.74. The van der Waals surface area contributed by atoms with Crippen molar-refractivity contribution in [3.8, 4) is 18.2 Å². The molecule has 1 N–H and O–H groups in total. The van der Waals surface area contributed by atoms with Gasteiger partial charge in [-0.25, -0.2) is 4.39 Å². The summed E-state index contributed by atoms with van der Waals surface area (Å²) in [6, 6.07) is 11.6. The van der Waals surface area contributed by atoms with E-state index in [2.05, 4.69) is 6.07 Å². The van der Waals surface area contributed by atoms with Gasteiger partial charge < -0.3 is 9.47 Å². The van der Waals surface area contributed by atoms with Gasteiger partial charge >= 0.3 is 0 Å². The monoisotopic (exact) mass is 364 g/mol. The highest BCUT2D eigenvalue weighted by atomic mass is 19.1. The van der Waals surface area contributed by atoms with Crippen LogP contribution in [0.2, 0.25) is 0 Å². The van der Waals surface area contributed by atoms with Gasteiger partial charge in [-0.3, -0.25) is 5.41 Å². The summed E-state index contributed by atoms with van der Waals surface area (Å²) in [5.41, 5.74) is -3.48. The van der Waals surface area contributed by atoms with Crippen molar-refractivity contribution < 1.29 is 13.9 Å². The average Bonchev–Trinajstić information content (AvgIpc) is 2.80. The van der Waals surface area contributed by atoms with Crippen LogP contribution in [-0.2, 0) is 9.47 Å². The first-order chi connectivity index (χ1) is 13.0. The molecule has 1 aromatic rings. The van der Waals surface area contributed by atoms with Crippen molar-refractivity contribution in [1.82, 2.24) is 0 Å². The zero-order valence-corrected chi connectivity index (χ0v) is 14.5. The topological polar surface area (TPSA) is 114 Å². The first-order valence-corrected chi connectivity index (χ1v) is 8.95. The van der Waals surface area contributed by atoms with Gasteiger partial charge in [-0.2, -0.15) is 15.8 Å². The van der Waals surface area contributed by atoms with Crippen LogP contribution in [0.3, 0.4) is 0 Å². The zero-order valence-electron chi connectivity index (χ0n) is 14.5. The maximum absolute atomic E-state index is 13.9. The minimum Gasteiger partial charge on any atom is -0.447 e. The third-order valence-corrected chi connectivity index (χ3v) is 6.22. The van der Waals surface area contributed by atoms with E-state index in [-0.39, 0.29) is 11.5 Å². The number of ether oxygens (including phenoxy) is 2. The normalized spacial score (nSPS) is 36.3. The molecule has 0 aromatic heterocycles. The fourth-order valence-corrected chi connectivity index (χ4v) is 5.01. The summed E-state index contributed by atoms with van der Waals surface area (Å²) in [7, 11) is 0. The number of nitrogens with one attached hydrogen (secondary N) is 1. The smallest absolute Gasteiger partial charge is 0.217 e. The van der Waals surface area contributed by atoms with Crippen molar-refractivity contribution in [3.05, 3.63) is 35.6 Å². The lowest BCUT2D eigenvalue weighted by Crippen LogP contribution is -2.59. The van der Waals surface area contributed by atoms with E-state index in [0.717, 1.165) is 19.3 Å². The van der Waals surface area contributed by atoms with E-state index in [0.29, 0.717) is 12.8 Å². The lowest BCUT2D eigenvalue weighted by Gasteiger charge is -2.49. The third kappa shape index (κ3) is 1.97. The summed E-state index contributed by atoms with van der Waals surface area (Å²) >= 11 is 0. The van der Waals surface area contributed by atoms with Crippen LogP contribution in [0.25, 0.3) is 0 Å². The van der Waals surface area contributed by atoms with Crippen molar-refractivity contribution in [1.29, 1.82) is 21.2 Å². The highest BCUT2D eigenvalue weighted by Crippen LogP contribution is 2.68. The summed E-state index contributed by atoms with van der Waals surface area (Å²) in [5.74, 6) is -2.75. The van der Waals surface area contributed by atoms with Gasteiger partial charge in [-0.05, 0) is 30.5 Å². The SMILES string of the molecule is N#CC1(C#N)[C@@H](c2cccc(F)c2)O[C@@]23CCCCC[C@@H]2[C@@]1(C#N)C(=N)O3. The molecule has 2 heterocycles. The van der Waals surface area contributed by atoms with Crippen molar-refractivity contribution >= 4 is 5.90 Å². The zero-order chi connectivity index (χ0) is 19.3. The molecule has 1 saturated carbocycles. The van der Waals surface area contributed by atoms with Crippen LogP contribution in [0.1, 0.15) is 43.8 Å². The molecule has 1 aliphatic carbocycles. The summed E-state index contributed by atoms with van der Waals surface area (Å²) in [4.78, 5) is 0. The van der Waals surface area contributed by atoms with Crippen LogP contribution < -0.4 is 0 Å². The largest absolute Gasteiger partial charge is 0.447 e. The number of nitriles is 3. The number of halogens is 1. The standard InChI is InChI=1S/C20H17FN4O2/c21-14-6-4-5-13(9-14)16-18(10-22,11-23)19(12-24)15-7-2-1-3-8-20(15,26-16)27-17(19)25/h4-6,9,15-16,25H,1-3,7-8H2/t15-,16-,19+,20-/m1/s1. The Morgan fingerprint density at radius 3 is 2.56 bits per heavy atom. The highest BCUT2D eigenvalue weighted by molar-refractivity contribution is 5.89. The fourth-order valence-electron chi connectivity index (χ4n) is 5.01. The molecular formula is C20H17FN4O2. The Morgan fingerprint density at radius 2 is 1.89 bits per heavy atom. The van der Waals surface area contributed by atoms with Gasteiger partial charge in [0.25, 0.3) is 0 Å². The van der Waals surface area contributed by atoms with Crippen molar-refractivity contribution in [2.75, 3.05) is 0 Å². The molecule has 2 bridgehead atoms. The molecule has 0 unspecified atom stereocenters. The highest BCUT2D eigenvalue weighted by Gasteiger charge is 2.80. The maximum atomic E-state index is 13.9. The number of rotatable bonds is 1. The van der Waals surface area contributed by atoms with Gasteiger partial charge in [0.05, 0.1) is 24.1 Å². The first kappa shape index (κ1) is 17.5. The van der Waals surface area contributed by atoms with E-state index < -0.39 is 34.5 Å². The van der Waals surface area contributed by atoms with Crippen molar-refractivity contribution in [2.24, 2.45) is 16.7 Å². The van der Waals surface area contributed by atoms with Gasteiger partial charge in [0.15, 0.2) is 5.41 Å². The van der Waals surface area contributed by atoms with Crippen molar-refractivity contribution in [3.63, 3.8) is 0 Å². The molecule has 2 saturated heterocycles. The molecule has 0 amide bonds. The molecule has 0 radical (unpaired) electrons. The van der Waals surface area contributed by atoms with Gasteiger partial charge in [0, 0.05) is 6.42 Å². The van der Waals surface area contributed by atoms with Crippen LogP contribution in [0, 0.1) is 62.0 Å². The van der Waals surface area contributed by atoms with Crippen molar-refractivity contribution in [2.45, 2.75) is 44.0 Å². The second-order valence-electron chi connectivity index (χ2n) is 7.40. The van der Waals surface area contributed by atoms with Gasteiger partial charge in [0.1, 0.15) is 11.9 Å². The van der Waals surface area contributed by atoms with E-state index in [1.807, 2.05) is 12.1 Å². The molecule has 4 atom stereocenters. The number of nitrogens with zero attached hydrogens (tertiary/aromatic N) is 3. The second-order valence-corrected chi connectivity index (χ2v) is 7.40. The summed E-state index contributed by atoms with van der Waals surface area (Å²) in [5, 5.41) is 38.8. The molecule has 1 aromatic carbocycles. The van der Waals surface area contributed by atoms with Crippen LogP contribution >= 0.6 is 0 Å². The molecule has 7 heteroatoms. The van der Waals surface area contributed by atoms with Gasteiger partial charge in [0.2, 0.25) is 17.1 Å². The van der Waals surface area contributed by atoms with Gasteiger partial charge in [-0.1, -0.05) is 25.0 Å². The molecule has 0 spiro atoms. The van der Waals surface area contributed by atoms with E-state index in [9.17, 15) is 20.2 Å². The predicted molar refractivity (Wildman–Crippen MR) is 90.0 cm³/mol. The van der Waals surface area contributed by atoms with Crippen LogP contribution in [0.4, 0.5) is 4.39 Å². The third-order valence-electron chi connectivity index (χ3n) is 6.22. The van der Waals surface area contributed by atoms with Crippen LogP contribution in [-0.4, -0.2) is 11.7 Å². The number of hydrogen-bond donors (Lipinski definition) is 1. The Morgan fingerprint density at radius 1 is 1.11 bits per heavy atom. The first-order valence-electron chi connectivity index (χ1n) is 8.95. The Balaban J connectivity index is 2.01. The van der Waals surface area contributed by atoms with E-state index >= 15 is 0 Å². The maximum Gasteiger partial charge on any atom is 0.217 e. The van der Waals surface area contributed by atoms with E-state index in [1.54, 1.807) is 6.07 Å². The molecule has 27 heavy (non-hydrogen) atoms. The molecule has 3 fully saturated rings. The average molecular weight is 364 g/mol. The van der Waals surface area contributed by atoms with Crippen LogP contribution in [0.5, 0.6) is 0 Å². The Labute approximate surface area is 156 Å². The Hall–Kier alpha value is -2.95. The molecule has 4 rings (SSSR count). The lowest BCUT2D eigenvalue weighted by molar-refractivity contribution is -0.285. The lowest BCUT2D eigenvalue weighted by atomic mass is 9.52. The predicted octanol–water partition coefficient (Wildman–Crippen LogP) is 3.72. The quantitative estimate of drug-likeness (QED) is 0.815. The minimum atomic E-state index is -2.01. The Bertz CT molecular complexity index is 929. The summed E-state index contributed by atoms with van der Waals surface area (Å²) < 4.78 is 26.0. The fraction of sp³-hybridized carbons (Fsp3) is 0.500. The van der Waals surface area contributed by atoms with E-state index in [1.165, 1.54) is 18.2 Å². The molecule has 6 nitrogen and oxygen atoms in total. The summed E-state index contributed by atoms with van der Waals surface area (Å²) in [6.07, 6.45) is 2.29. The second kappa shape index (κ2) is 5.78. The molecule has 136 valence electrons. The molecular weight excluding hydrogens is 347 g/mol. The van der Waals surface area contributed by atoms with E-state index in [4.69, 9.17) is 14.9 Å². The number of hydrogen-bond acceptors (Lipinski definition) is 6. The number of benzene rings is 1. The summed E-state index contributed by atoms with van der Waals surface area (Å²) in [6.45, 7) is 0. The molecule has 2 aliphatic heterocycles. The molecule has 3 aliphatic rings. The van der Waals surface area contributed by atoms with Gasteiger partial charge in [-0.15, -0.1) is 0 Å².